The van der Waals surface area contributed by atoms with Crippen molar-refractivity contribution in [1.82, 2.24) is 15.1 Å². The van der Waals surface area contributed by atoms with Crippen molar-refractivity contribution < 1.29 is 19.0 Å². The summed E-state index contributed by atoms with van der Waals surface area (Å²) < 4.78 is 17.2. The predicted octanol–water partition coefficient (Wildman–Crippen LogP) is 4.37. The van der Waals surface area contributed by atoms with Crippen LogP contribution in [0.15, 0.2) is 40.7 Å². The number of aromatic nitrogens is 2. The Morgan fingerprint density at radius 1 is 1.12 bits per heavy atom. The highest BCUT2D eigenvalue weighted by Crippen LogP contribution is 2.34. The highest BCUT2D eigenvalue weighted by molar-refractivity contribution is 8.01. The maximum absolute atomic E-state index is 12.8. The number of hydrogen-bond donors (Lipinski definition) is 1. The first kappa shape index (κ1) is 23.2. The maximum atomic E-state index is 12.8. The maximum Gasteiger partial charge on any atom is 0.233 e. The number of nitrogens with zero attached hydrogens (tertiary/aromatic N) is 3. The third kappa shape index (κ3) is 5.51. The van der Waals surface area contributed by atoms with Gasteiger partial charge in [-0.05, 0) is 48.7 Å². The van der Waals surface area contributed by atoms with Crippen molar-refractivity contribution in [2.45, 2.75) is 24.2 Å². The first-order valence-corrected chi connectivity index (χ1v) is 12.4. The third-order valence-corrected chi connectivity index (χ3v) is 7.18. The van der Waals surface area contributed by atoms with Gasteiger partial charge in [-0.3, -0.25) is 4.79 Å². The summed E-state index contributed by atoms with van der Waals surface area (Å²) in [6.07, 6.45) is 0.790. The molecule has 33 heavy (non-hydrogen) atoms. The van der Waals surface area contributed by atoms with Gasteiger partial charge >= 0.3 is 0 Å². The summed E-state index contributed by atoms with van der Waals surface area (Å²) in [6.45, 7) is 3.77. The van der Waals surface area contributed by atoms with Crippen molar-refractivity contribution in [2.24, 2.45) is 0 Å². The fourth-order valence-corrected chi connectivity index (χ4v) is 5.26. The number of thioether (sulfide) groups is 1. The van der Waals surface area contributed by atoms with E-state index in [1.807, 2.05) is 48.2 Å². The number of para-hydroxylation sites is 2. The zero-order valence-corrected chi connectivity index (χ0v) is 20.4. The fourth-order valence-electron chi connectivity index (χ4n) is 3.60. The van der Waals surface area contributed by atoms with Crippen LogP contribution in [0.2, 0.25) is 0 Å². The minimum absolute atomic E-state index is 0.0758. The molecular weight excluding hydrogens is 460 g/mol. The molecule has 2 heterocycles. The number of benzene rings is 2. The van der Waals surface area contributed by atoms with Gasteiger partial charge in [-0.2, -0.15) is 0 Å². The zero-order chi connectivity index (χ0) is 23.2. The van der Waals surface area contributed by atoms with Gasteiger partial charge < -0.3 is 24.4 Å². The Morgan fingerprint density at radius 3 is 2.64 bits per heavy atom. The van der Waals surface area contributed by atoms with Crippen molar-refractivity contribution in [3.63, 3.8) is 0 Å². The van der Waals surface area contributed by atoms with Gasteiger partial charge in [0.15, 0.2) is 15.8 Å². The molecule has 1 N–H and O–H groups in total. The molecule has 2 aromatic carbocycles. The summed E-state index contributed by atoms with van der Waals surface area (Å²) >= 11 is 2.81. The average Bonchev–Trinajstić information content (AvgIpc) is 3.29. The number of carbonyl (C=O) groups is 1. The first-order valence-electron chi connectivity index (χ1n) is 10.6. The summed E-state index contributed by atoms with van der Waals surface area (Å²) in [5.41, 5.74) is 3.12. The van der Waals surface area contributed by atoms with Gasteiger partial charge in [0.25, 0.3) is 0 Å². The summed E-state index contributed by atoms with van der Waals surface area (Å²) in [6, 6.07) is 11.7. The van der Waals surface area contributed by atoms with Gasteiger partial charge in [0.05, 0.1) is 32.3 Å². The molecule has 1 aliphatic rings. The van der Waals surface area contributed by atoms with Crippen LogP contribution in [-0.2, 0) is 17.8 Å². The number of methoxy groups -OCH3 is 2. The van der Waals surface area contributed by atoms with Crippen LogP contribution < -0.4 is 19.5 Å². The Kier molecular flexibility index (Phi) is 7.56. The Bertz CT molecular complexity index is 1120. The van der Waals surface area contributed by atoms with Gasteiger partial charge in [-0.25, -0.2) is 0 Å². The molecule has 1 aliphatic heterocycles. The van der Waals surface area contributed by atoms with Crippen LogP contribution in [0.4, 0.5) is 10.8 Å². The molecule has 0 saturated heterocycles. The number of rotatable bonds is 9. The minimum atomic E-state index is 0.0758. The van der Waals surface area contributed by atoms with E-state index in [0.717, 1.165) is 33.5 Å². The highest BCUT2D eigenvalue weighted by Gasteiger charge is 2.23. The minimum Gasteiger partial charge on any atom is -0.493 e. The molecule has 0 unspecified atom stereocenters. The molecule has 4 rings (SSSR count). The lowest BCUT2D eigenvalue weighted by Gasteiger charge is -2.29. The molecule has 0 bridgehead atoms. The van der Waals surface area contributed by atoms with Gasteiger partial charge in [0.2, 0.25) is 11.0 Å². The van der Waals surface area contributed by atoms with Crippen LogP contribution in [-0.4, -0.2) is 54.1 Å². The second kappa shape index (κ2) is 10.8. The SMILES string of the molecule is CCOc1ccccc1Nc1nnc(SCC(=O)N2CCc3cc(OC)c(OC)cc3C2)s1. The van der Waals surface area contributed by atoms with E-state index >= 15 is 0 Å². The molecule has 0 saturated carbocycles. The van der Waals surface area contributed by atoms with Crippen LogP contribution in [0.25, 0.3) is 0 Å². The number of nitrogens with one attached hydrogen (secondary N) is 1. The Hall–Kier alpha value is -2.98. The van der Waals surface area contributed by atoms with Crippen LogP contribution in [0, 0.1) is 0 Å². The molecule has 1 aromatic heterocycles. The smallest absolute Gasteiger partial charge is 0.233 e. The summed E-state index contributed by atoms with van der Waals surface area (Å²) in [4.78, 5) is 14.7. The van der Waals surface area contributed by atoms with E-state index in [2.05, 4.69) is 15.5 Å². The number of fused-ring (bicyclic) bond motifs is 1. The van der Waals surface area contributed by atoms with E-state index in [4.69, 9.17) is 14.2 Å². The largest absolute Gasteiger partial charge is 0.493 e. The van der Waals surface area contributed by atoms with Gasteiger partial charge in [0, 0.05) is 13.1 Å². The van der Waals surface area contributed by atoms with E-state index in [9.17, 15) is 4.79 Å². The summed E-state index contributed by atoms with van der Waals surface area (Å²) in [5, 5.41) is 12.3. The topological polar surface area (TPSA) is 85.8 Å². The fraction of sp³-hybridized carbons (Fsp3) is 0.348. The molecule has 0 radical (unpaired) electrons. The van der Waals surface area contributed by atoms with E-state index in [-0.39, 0.29) is 5.91 Å². The predicted molar refractivity (Wildman–Crippen MR) is 130 cm³/mol. The number of carbonyl (C=O) groups excluding carboxylic acids is 1. The van der Waals surface area contributed by atoms with Crippen molar-refractivity contribution in [2.75, 3.05) is 38.4 Å². The average molecular weight is 487 g/mol. The van der Waals surface area contributed by atoms with Crippen LogP contribution in [0.5, 0.6) is 17.2 Å². The van der Waals surface area contributed by atoms with E-state index in [0.29, 0.717) is 36.3 Å². The van der Waals surface area contributed by atoms with Crippen LogP contribution >= 0.6 is 23.1 Å². The molecule has 0 fully saturated rings. The number of anilines is 2. The van der Waals surface area contributed by atoms with E-state index < -0.39 is 0 Å². The molecule has 0 aliphatic carbocycles. The van der Waals surface area contributed by atoms with Crippen molar-refractivity contribution in [3.8, 4) is 17.2 Å². The second-order valence-electron chi connectivity index (χ2n) is 7.26. The molecule has 10 heteroatoms. The standard InChI is InChI=1S/C23H26N4O4S2/c1-4-31-18-8-6-5-7-17(18)24-22-25-26-23(33-22)32-14-21(28)27-10-9-15-11-19(29-2)20(30-3)12-16(15)13-27/h5-8,11-12H,4,9-10,13-14H2,1-3H3,(H,24,25). The molecule has 1 amide bonds. The molecular formula is C23H26N4O4S2. The lowest BCUT2D eigenvalue weighted by molar-refractivity contribution is -0.129. The number of hydrogen-bond acceptors (Lipinski definition) is 9. The Morgan fingerprint density at radius 2 is 1.88 bits per heavy atom. The van der Waals surface area contributed by atoms with Crippen LogP contribution in [0.3, 0.4) is 0 Å². The number of ether oxygens (including phenoxy) is 3. The van der Waals surface area contributed by atoms with Crippen LogP contribution in [0.1, 0.15) is 18.1 Å². The van der Waals surface area contributed by atoms with Gasteiger partial charge in [-0.1, -0.05) is 35.2 Å². The Balaban J connectivity index is 1.34. The Labute approximate surface area is 201 Å². The molecule has 8 nitrogen and oxygen atoms in total. The molecule has 3 aromatic rings. The summed E-state index contributed by atoms with van der Waals surface area (Å²) in [5.74, 6) is 2.55. The van der Waals surface area contributed by atoms with E-state index in [1.165, 1.54) is 28.7 Å². The highest BCUT2D eigenvalue weighted by atomic mass is 32.2. The van der Waals surface area contributed by atoms with E-state index in [1.54, 1.807) is 14.2 Å². The van der Waals surface area contributed by atoms with Gasteiger partial charge in [-0.15, -0.1) is 10.2 Å². The lowest BCUT2D eigenvalue weighted by atomic mass is 9.99. The normalized spacial score (nSPS) is 12.8. The van der Waals surface area contributed by atoms with Gasteiger partial charge in [0.1, 0.15) is 5.75 Å². The van der Waals surface area contributed by atoms with Crippen molar-refractivity contribution in [1.29, 1.82) is 0 Å². The molecule has 174 valence electrons. The zero-order valence-electron chi connectivity index (χ0n) is 18.8. The van der Waals surface area contributed by atoms with Crippen molar-refractivity contribution in [3.05, 3.63) is 47.5 Å². The lowest BCUT2D eigenvalue weighted by Crippen LogP contribution is -2.37. The molecule has 0 spiro atoms. The summed E-state index contributed by atoms with van der Waals surface area (Å²) in [7, 11) is 3.25. The third-order valence-electron chi connectivity index (χ3n) is 5.22. The quantitative estimate of drug-likeness (QED) is 0.446. The monoisotopic (exact) mass is 486 g/mol. The number of amides is 1. The molecule has 0 atom stereocenters. The van der Waals surface area contributed by atoms with Crippen molar-refractivity contribution >= 4 is 39.8 Å². The second-order valence-corrected chi connectivity index (χ2v) is 9.46. The first-order chi connectivity index (χ1) is 16.1.